The fourth-order valence-corrected chi connectivity index (χ4v) is 1.76. The lowest BCUT2D eigenvalue weighted by Gasteiger charge is -2.20. The average Bonchev–Trinajstić information content (AvgIpc) is 2.52. The van der Waals surface area contributed by atoms with E-state index in [9.17, 15) is 0 Å². The first-order valence-electron chi connectivity index (χ1n) is 9.98. The summed E-state index contributed by atoms with van der Waals surface area (Å²) in [5, 5.41) is 1.97. The number of nitrogens with one attached hydrogen (secondary N) is 1. The summed E-state index contributed by atoms with van der Waals surface area (Å²) in [6.07, 6.45) is -1.22. The van der Waals surface area contributed by atoms with Gasteiger partial charge in [-0.2, -0.15) is 0 Å². The van der Waals surface area contributed by atoms with Gasteiger partial charge in [0.15, 0.2) is 0 Å². The van der Waals surface area contributed by atoms with Crippen molar-refractivity contribution in [1.29, 1.82) is 0 Å². The molecule has 0 aliphatic heterocycles. The van der Waals surface area contributed by atoms with Crippen molar-refractivity contribution in [3.05, 3.63) is 65.7 Å². The first-order valence-corrected chi connectivity index (χ1v) is 5.98. The number of benzene rings is 2. The molecule has 1 atom stereocenters. The zero-order valence-electron chi connectivity index (χ0n) is 18.4. The highest BCUT2D eigenvalue weighted by atomic mass is 16.5. The van der Waals surface area contributed by atoms with Crippen molar-refractivity contribution in [1.82, 2.24) is 5.32 Å². The van der Waals surface area contributed by atoms with Crippen molar-refractivity contribution in [3.63, 3.8) is 0 Å². The van der Waals surface area contributed by atoms with Crippen molar-refractivity contribution in [2.75, 3.05) is 13.5 Å². The Balaban J connectivity index is 2.36. The number of rotatable bonds is 6. The predicted octanol–water partition coefficient (Wildman–Crippen LogP) is 3.72. The second-order valence-corrected chi connectivity index (χ2v) is 4.02. The number of aryl methyl sites for hydroxylation is 1. The highest BCUT2D eigenvalue weighted by Crippen LogP contribution is 2.26. The fraction of sp³-hybridized carbons (Fsp3) is 0.294. The molecule has 0 bridgehead atoms. The van der Waals surface area contributed by atoms with E-state index in [0.29, 0.717) is 5.56 Å². The van der Waals surface area contributed by atoms with Crippen LogP contribution in [0.4, 0.5) is 0 Å². The van der Waals surface area contributed by atoms with Crippen LogP contribution in [0.15, 0.2) is 54.6 Å². The molecule has 0 saturated heterocycles. The smallest absolute Gasteiger partial charge is 0.125 e. The van der Waals surface area contributed by atoms with Crippen LogP contribution in [0.5, 0.6) is 5.75 Å². The van der Waals surface area contributed by atoms with Gasteiger partial charge in [-0.15, -0.1) is 0 Å². The quantitative estimate of drug-likeness (QED) is 0.857. The maximum absolute atomic E-state index is 8.01. The Morgan fingerprint density at radius 2 is 1.95 bits per heavy atom. The van der Waals surface area contributed by atoms with Gasteiger partial charge in [-0.3, -0.25) is 0 Å². The summed E-state index contributed by atoms with van der Waals surface area (Å²) >= 11 is 0. The first kappa shape index (κ1) is 6.58. The Hall–Kier alpha value is -1.80. The van der Waals surface area contributed by atoms with Crippen LogP contribution in [-0.4, -0.2) is 13.5 Å². The molecule has 0 radical (unpaired) electrons. The molecule has 1 unspecified atom stereocenters. The third-order valence-corrected chi connectivity index (χ3v) is 2.70. The Morgan fingerprint density at radius 1 is 1.16 bits per heavy atom. The van der Waals surface area contributed by atoms with Gasteiger partial charge >= 0.3 is 0 Å². The van der Waals surface area contributed by atoms with Gasteiger partial charge in [0.05, 0.1) is 0 Å². The maximum atomic E-state index is 8.01. The van der Waals surface area contributed by atoms with E-state index in [-0.39, 0.29) is 17.7 Å². The molecule has 0 fully saturated rings. The molecular weight excluding hydrogens is 234 g/mol. The van der Waals surface area contributed by atoms with Crippen LogP contribution in [0.2, 0.25) is 0 Å². The second-order valence-electron chi connectivity index (χ2n) is 4.02. The zero-order chi connectivity index (χ0) is 20.3. The molecule has 2 aromatic carbocycles. The third-order valence-electron chi connectivity index (χ3n) is 2.70. The largest absolute Gasteiger partial charge is 0.485 e. The van der Waals surface area contributed by atoms with Crippen molar-refractivity contribution < 1.29 is 15.7 Å². The summed E-state index contributed by atoms with van der Waals surface area (Å²) in [4.78, 5) is 0. The van der Waals surface area contributed by atoms with E-state index in [4.69, 9.17) is 15.7 Å². The van der Waals surface area contributed by atoms with Crippen LogP contribution in [0.3, 0.4) is 0 Å². The first-order chi connectivity index (χ1) is 12.4. The molecule has 19 heavy (non-hydrogen) atoms. The molecule has 1 N–H and O–H groups in total. The van der Waals surface area contributed by atoms with Crippen molar-refractivity contribution in [2.24, 2.45) is 0 Å². The molecule has 2 aromatic rings. The molecule has 0 aliphatic carbocycles. The lowest BCUT2D eigenvalue weighted by molar-refractivity contribution is 0.193. The topological polar surface area (TPSA) is 21.3 Å². The van der Waals surface area contributed by atoms with E-state index < -0.39 is 26.4 Å². The molecule has 0 aliphatic rings. The minimum absolute atomic E-state index is 0.00951. The summed E-state index contributed by atoms with van der Waals surface area (Å²) in [5.74, 6) is 0.107. The van der Waals surface area contributed by atoms with Crippen LogP contribution in [0, 0.1) is 6.85 Å². The van der Waals surface area contributed by atoms with Gasteiger partial charge in [0.2, 0.25) is 0 Å². The van der Waals surface area contributed by atoms with Crippen LogP contribution in [-0.2, 0) is 0 Å². The standard InChI is InChI=1S/C17H21NO/c1-14-8-6-7-11-16(14)19-17(12-13-18-2)15-9-4-3-5-10-15/h3-11,17-18H,12-13H2,1-2H3/i1D3,2D3,13D2. The fourth-order valence-electron chi connectivity index (χ4n) is 1.76. The van der Waals surface area contributed by atoms with E-state index in [1.807, 2.05) is 5.32 Å². The lowest BCUT2D eigenvalue weighted by atomic mass is 10.1. The van der Waals surface area contributed by atoms with Crippen molar-refractivity contribution in [2.45, 2.75) is 19.4 Å². The Bertz CT molecular complexity index is 743. The molecule has 0 saturated carbocycles. The van der Waals surface area contributed by atoms with E-state index in [2.05, 4.69) is 0 Å². The zero-order valence-corrected chi connectivity index (χ0v) is 10.4. The number of hydrogen-bond acceptors (Lipinski definition) is 2. The van der Waals surface area contributed by atoms with Crippen LogP contribution in [0.1, 0.15) is 34.6 Å². The molecule has 2 heteroatoms. The van der Waals surface area contributed by atoms with Gasteiger partial charge in [0.25, 0.3) is 0 Å². The van der Waals surface area contributed by atoms with Crippen LogP contribution < -0.4 is 10.1 Å². The Kier molecular flexibility index (Phi) is 2.41. The summed E-state index contributed by atoms with van der Waals surface area (Å²) in [6, 6.07) is 14.9. The Morgan fingerprint density at radius 3 is 2.74 bits per heavy atom. The molecule has 0 heterocycles. The summed E-state index contributed by atoms with van der Waals surface area (Å²) in [6.45, 7) is -7.32. The second kappa shape index (κ2) is 6.95. The number of para-hydroxylation sites is 1. The SMILES string of the molecule is [2H]C([2H])([2H])NC([2H])([2H])CC(Oc1ccccc1C([2H])([2H])[2H])c1ccccc1. The van der Waals surface area contributed by atoms with E-state index in [1.165, 1.54) is 12.1 Å². The van der Waals surface area contributed by atoms with E-state index >= 15 is 0 Å². The van der Waals surface area contributed by atoms with E-state index in [1.54, 1.807) is 42.5 Å². The van der Waals surface area contributed by atoms with Gasteiger partial charge in [-0.25, -0.2) is 0 Å². The Labute approximate surface area is 126 Å². The minimum atomic E-state index is -2.67. The lowest BCUT2D eigenvalue weighted by Crippen LogP contribution is -2.16. The number of hydrogen-bond donors (Lipinski definition) is 1. The van der Waals surface area contributed by atoms with Crippen molar-refractivity contribution >= 4 is 0 Å². The maximum Gasteiger partial charge on any atom is 0.125 e. The van der Waals surface area contributed by atoms with Gasteiger partial charge in [-0.1, -0.05) is 48.5 Å². The molecule has 2 nitrogen and oxygen atoms in total. The van der Waals surface area contributed by atoms with Crippen LogP contribution >= 0.6 is 0 Å². The molecule has 2 rings (SSSR count). The third kappa shape index (κ3) is 3.83. The summed E-state index contributed by atoms with van der Waals surface area (Å²) in [5.41, 5.74) is 0.615. The molecule has 100 valence electrons. The average molecular weight is 263 g/mol. The molecule has 0 amide bonds. The van der Waals surface area contributed by atoms with Gasteiger partial charge < -0.3 is 10.1 Å². The normalized spacial score (nSPS) is 20.4. The highest BCUT2D eigenvalue weighted by Gasteiger charge is 2.13. The van der Waals surface area contributed by atoms with Crippen LogP contribution in [0.25, 0.3) is 0 Å². The van der Waals surface area contributed by atoms with E-state index in [0.717, 1.165) is 0 Å². The number of ether oxygens (including phenoxy) is 1. The molecular formula is C17H21NO. The van der Waals surface area contributed by atoms with Gasteiger partial charge in [-0.05, 0) is 37.5 Å². The monoisotopic (exact) mass is 263 g/mol. The highest BCUT2D eigenvalue weighted by molar-refractivity contribution is 5.33. The minimum Gasteiger partial charge on any atom is -0.485 e. The van der Waals surface area contributed by atoms with Gasteiger partial charge in [0, 0.05) is 17.4 Å². The van der Waals surface area contributed by atoms with Crippen molar-refractivity contribution in [3.8, 4) is 5.75 Å². The predicted molar refractivity (Wildman–Crippen MR) is 79.5 cm³/mol. The summed E-state index contributed by atoms with van der Waals surface area (Å²) < 4.78 is 66.6. The molecule has 0 aromatic heterocycles. The molecule has 0 spiro atoms. The summed E-state index contributed by atoms with van der Waals surface area (Å²) in [7, 11) is 0. The van der Waals surface area contributed by atoms with Gasteiger partial charge in [0.1, 0.15) is 11.9 Å².